The van der Waals surface area contributed by atoms with Gasteiger partial charge in [0.2, 0.25) is 0 Å². The van der Waals surface area contributed by atoms with Gasteiger partial charge in [-0.1, -0.05) is 6.92 Å². The van der Waals surface area contributed by atoms with Gasteiger partial charge in [-0.2, -0.15) is 0 Å². The third-order valence-corrected chi connectivity index (χ3v) is 14.2. The topological polar surface area (TPSA) is 225 Å². The van der Waals surface area contributed by atoms with Crippen molar-refractivity contribution in [3.8, 4) is 0 Å². The molecule has 2 saturated heterocycles. The predicted molar refractivity (Wildman–Crippen MR) is 167 cm³/mol. The average Bonchev–Trinajstić information content (AvgIpc) is 3.64. The number of esters is 1. The van der Waals surface area contributed by atoms with Crippen molar-refractivity contribution >= 4 is 5.97 Å². The van der Waals surface area contributed by atoms with Gasteiger partial charge in [-0.25, -0.2) is 4.79 Å². The third-order valence-electron chi connectivity index (χ3n) is 14.2. The summed E-state index contributed by atoms with van der Waals surface area (Å²) in [5, 5.41) is 85.8. The highest BCUT2D eigenvalue weighted by atomic mass is 16.7. The van der Waals surface area contributed by atoms with Gasteiger partial charge in [0.25, 0.3) is 0 Å². The normalized spacial score (nSPS) is 54.4. The molecule has 0 spiro atoms. The van der Waals surface area contributed by atoms with Gasteiger partial charge in [-0.05, 0) is 99.4 Å². The van der Waals surface area contributed by atoms with Crippen LogP contribution in [0.4, 0.5) is 0 Å². The lowest BCUT2D eigenvalue weighted by atomic mass is 9.43. The first-order valence-corrected chi connectivity index (χ1v) is 18.1. The summed E-state index contributed by atoms with van der Waals surface area (Å²) in [6.07, 6.45) is -5.76. The number of hydrogen-bond donors (Lipinski definition) is 8. The molecule has 278 valence electrons. The second-order valence-electron chi connectivity index (χ2n) is 16.2. The van der Waals surface area contributed by atoms with Crippen LogP contribution in [-0.4, -0.2) is 140 Å². The van der Waals surface area contributed by atoms with E-state index in [4.69, 9.17) is 23.7 Å². The lowest BCUT2D eigenvalue weighted by Crippen LogP contribution is -2.64. The van der Waals surface area contributed by atoms with Crippen LogP contribution in [0.25, 0.3) is 0 Å². The zero-order valence-corrected chi connectivity index (χ0v) is 28.3. The molecule has 7 rings (SSSR count). The van der Waals surface area contributed by atoms with E-state index in [-0.39, 0.29) is 53.2 Å². The molecule has 0 aromatic carbocycles. The lowest BCUT2D eigenvalue weighted by molar-refractivity contribution is -0.360. The average molecular weight is 699 g/mol. The first kappa shape index (κ1) is 36.1. The number of carbonyl (C=O) groups excluding carboxylic acids is 1. The van der Waals surface area contributed by atoms with Gasteiger partial charge in [0.1, 0.15) is 49.3 Å². The van der Waals surface area contributed by atoms with Crippen LogP contribution in [0.3, 0.4) is 0 Å². The lowest BCUT2D eigenvalue weighted by Gasteiger charge is -2.64. The molecule has 8 N–H and O–H groups in total. The molecular formula is C35H54O14. The SMILES string of the molecule is C[C@@H]1O[C@H](O[C@@H]2CC[C@@]3(CO)C4CC[C@@]5(C)[C@H](C6=CC(=O)OC6)CC[C@@]5(O)[C@H]4CC[C@@H]3C2)[C@@H](O)[C@@H](O)[C@H]1O[C@H]1O[C@@H](CO)[C@H](O)[C@@H](O)[C@@H]1O. The Bertz CT molecular complexity index is 1260. The van der Waals surface area contributed by atoms with Crippen molar-refractivity contribution in [1.29, 1.82) is 0 Å². The van der Waals surface area contributed by atoms with Crippen LogP contribution in [0, 0.1) is 34.5 Å². The number of cyclic esters (lactones) is 1. The van der Waals surface area contributed by atoms with Gasteiger partial charge < -0.3 is 64.5 Å². The predicted octanol–water partition coefficient (Wildman–Crippen LogP) is -0.747. The number of ether oxygens (including phenoxy) is 5. The number of fused-ring (bicyclic) bond motifs is 5. The van der Waals surface area contributed by atoms with E-state index in [0.717, 1.165) is 37.7 Å². The summed E-state index contributed by atoms with van der Waals surface area (Å²) < 4.78 is 28.7. The molecule has 49 heavy (non-hydrogen) atoms. The first-order valence-electron chi connectivity index (χ1n) is 18.1. The molecule has 3 aliphatic heterocycles. The maximum Gasteiger partial charge on any atom is 0.331 e. The van der Waals surface area contributed by atoms with E-state index < -0.39 is 73.6 Å². The molecule has 3 heterocycles. The Hall–Kier alpha value is -1.27. The van der Waals surface area contributed by atoms with Crippen LogP contribution in [0.2, 0.25) is 0 Å². The summed E-state index contributed by atoms with van der Waals surface area (Å²) in [5.41, 5.74) is -0.641. The molecule has 14 nitrogen and oxygen atoms in total. The minimum Gasteiger partial charge on any atom is -0.458 e. The van der Waals surface area contributed by atoms with Gasteiger partial charge in [-0.3, -0.25) is 0 Å². The van der Waals surface area contributed by atoms with Gasteiger partial charge in [0.05, 0.1) is 24.4 Å². The summed E-state index contributed by atoms with van der Waals surface area (Å²) in [4.78, 5) is 11.9. The number of aliphatic hydroxyl groups is 8. The van der Waals surface area contributed by atoms with E-state index in [1.807, 2.05) is 0 Å². The van der Waals surface area contributed by atoms with Crippen LogP contribution in [0.15, 0.2) is 11.6 Å². The summed E-state index contributed by atoms with van der Waals surface area (Å²) in [6, 6.07) is 0. The van der Waals surface area contributed by atoms with Crippen LogP contribution < -0.4 is 0 Å². The van der Waals surface area contributed by atoms with Crippen molar-refractivity contribution < 1.29 is 69.3 Å². The molecule has 14 heteroatoms. The van der Waals surface area contributed by atoms with E-state index in [1.165, 1.54) is 0 Å². The summed E-state index contributed by atoms with van der Waals surface area (Å²) in [5.74, 6) is 0.104. The Labute approximate surface area is 285 Å². The molecule has 4 saturated carbocycles. The number of rotatable bonds is 7. The highest BCUT2D eigenvalue weighted by Crippen LogP contribution is 2.70. The molecule has 0 bridgehead atoms. The molecule has 4 aliphatic carbocycles. The summed E-state index contributed by atoms with van der Waals surface area (Å²) >= 11 is 0. The van der Waals surface area contributed by atoms with Gasteiger partial charge in [-0.15, -0.1) is 0 Å². The molecular weight excluding hydrogens is 644 g/mol. The molecule has 0 amide bonds. The van der Waals surface area contributed by atoms with E-state index in [2.05, 4.69) is 6.92 Å². The number of carbonyl (C=O) groups is 1. The van der Waals surface area contributed by atoms with Crippen molar-refractivity contribution in [3.63, 3.8) is 0 Å². The van der Waals surface area contributed by atoms with Crippen molar-refractivity contribution in [2.75, 3.05) is 19.8 Å². The van der Waals surface area contributed by atoms with E-state index in [1.54, 1.807) is 13.0 Å². The van der Waals surface area contributed by atoms with Crippen molar-refractivity contribution in [1.82, 2.24) is 0 Å². The van der Waals surface area contributed by atoms with Gasteiger partial charge in [0, 0.05) is 18.1 Å². The monoisotopic (exact) mass is 698 g/mol. The van der Waals surface area contributed by atoms with Crippen LogP contribution in [0.1, 0.15) is 71.6 Å². The maximum atomic E-state index is 12.5. The van der Waals surface area contributed by atoms with E-state index in [9.17, 15) is 45.6 Å². The van der Waals surface area contributed by atoms with Gasteiger partial charge >= 0.3 is 5.97 Å². The molecule has 0 aromatic heterocycles. The Balaban J connectivity index is 0.995. The molecule has 7 aliphatic rings. The first-order chi connectivity index (χ1) is 23.3. The fourth-order valence-corrected chi connectivity index (χ4v) is 11.4. The van der Waals surface area contributed by atoms with Crippen molar-refractivity contribution in [2.24, 2.45) is 34.5 Å². The Morgan fingerprint density at radius 2 is 1.57 bits per heavy atom. The Morgan fingerprint density at radius 3 is 2.27 bits per heavy atom. The van der Waals surface area contributed by atoms with Crippen molar-refractivity contribution in [2.45, 2.75) is 145 Å². The molecule has 0 radical (unpaired) electrons. The summed E-state index contributed by atoms with van der Waals surface area (Å²) in [7, 11) is 0. The van der Waals surface area contributed by atoms with Crippen LogP contribution in [0.5, 0.6) is 0 Å². The van der Waals surface area contributed by atoms with Crippen molar-refractivity contribution in [3.05, 3.63) is 11.6 Å². The second-order valence-corrected chi connectivity index (χ2v) is 16.2. The fourth-order valence-electron chi connectivity index (χ4n) is 11.4. The summed E-state index contributed by atoms with van der Waals surface area (Å²) in [6.45, 7) is 3.47. The molecule has 0 aromatic rings. The third kappa shape index (κ3) is 5.64. The molecule has 6 fully saturated rings. The standard InChI is InChI=1S/C35H54O14/c1-16-30(49-32-28(42)26(40)25(39)23(13-36)48-32)27(41)29(43)31(46-16)47-19-5-9-34(15-37)18(12-19)3-4-22-21(34)6-8-33(2)20(7-10-35(22,33)44)17-11-24(38)45-14-17/h11,16,18-23,25-32,36-37,39-44H,3-10,12-15H2,1-2H3/t16-,18+,19+,20-,21?,22-,23-,25-,26+,27+,28-,29-,30-,31+,32+,33-,34-,35+/m0/s1. The van der Waals surface area contributed by atoms with E-state index >= 15 is 0 Å². The number of aliphatic hydroxyl groups excluding tert-OH is 7. The highest BCUT2D eigenvalue weighted by molar-refractivity contribution is 5.85. The van der Waals surface area contributed by atoms with Gasteiger partial charge in [0.15, 0.2) is 12.6 Å². The fraction of sp³-hybridized carbons (Fsp3) is 0.914. The minimum absolute atomic E-state index is 0.0184. The zero-order chi connectivity index (χ0) is 35.0. The second kappa shape index (κ2) is 13.3. The smallest absolute Gasteiger partial charge is 0.331 e. The molecule has 1 unspecified atom stereocenters. The van der Waals surface area contributed by atoms with Crippen LogP contribution >= 0.6 is 0 Å². The molecule has 18 atom stereocenters. The van der Waals surface area contributed by atoms with Crippen LogP contribution in [-0.2, 0) is 28.5 Å². The number of hydrogen-bond acceptors (Lipinski definition) is 14. The highest BCUT2D eigenvalue weighted by Gasteiger charge is 2.68. The maximum absolute atomic E-state index is 12.5. The van der Waals surface area contributed by atoms with E-state index in [0.29, 0.717) is 32.3 Å². The Kier molecular flexibility index (Phi) is 9.80. The zero-order valence-electron chi connectivity index (χ0n) is 28.3. The Morgan fingerprint density at radius 1 is 0.837 bits per heavy atom. The minimum atomic E-state index is -1.67. The largest absolute Gasteiger partial charge is 0.458 e. The quantitative estimate of drug-likeness (QED) is 0.121.